The molecule has 1 fully saturated rings. The van der Waals surface area contributed by atoms with E-state index < -0.39 is 0 Å². The van der Waals surface area contributed by atoms with Crippen molar-refractivity contribution in [3.05, 3.63) is 66.0 Å². The Morgan fingerprint density at radius 3 is 2.85 bits per heavy atom. The molecule has 6 heteroatoms. The van der Waals surface area contributed by atoms with Gasteiger partial charge < -0.3 is 9.64 Å². The minimum absolute atomic E-state index is 0.0364. The molecule has 1 aromatic carbocycles. The molecule has 3 heterocycles. The minimum Gasteiger partial charge on any atom is -0.472 e. The van der Waals surface area contributed by atoms with Crippen molar-refractivity contribution in [1.29, 1.82) is 0 Å². The Balaban J connectivity index is 1.40. The number of aryl methyl sites for hydroxylation is 1. The lowest BCUT2D eigenvalue weighted by Gasteiger charge is -2.16. The van der Waals surface area contributed by atoms with Crippen LogP contribution in [0.5, 0.6) is 5.88 Å². The van der Waals surface area contributed by atoms with E-state index in [9.17, 15) is 4.79 Å². The average Bonchev–Trinajstić information content (AvgIpc) is 3.34. The number of carbonyl (C=O) groups excluding carboxylic acids is 1. The number of likely N-dealkylation sites (tertiary alicyclic amines) is 1. The third kappa shape index (κ3) is 3.44. The fourth-order valence-corrected chi connectivity index (χ4v) is 3.06. The summed E-state index contributed by atoms with van der Waals surface area (Å²) in [6.07, 6.45) is 2.54. The van der Waals surface area contributed by atoms with Gasteiger partial charge in [0.2, 0.25) is 5.88 Å². The average molecular weight is 348 g/mol. The van der Waals surface area contributed by atoms with E-state index in [0.717, 1.165) is 23.2 Å². The quantitative estimate of drug-likeness (QED) is 0.786. The predicted octanol–water partition coefficient (Wildman–Crippen LogP) is 3.07. The highest BCUT2D eigenvalue weighted by Crippen LogP contribution is 2.21. The minimum atomic E-state index is -0.0531. The summed E-state index contributed by atoms with van der Waals surface area (Å²) in [4.78, 5) is 18.8. The molecule has 0 radical (unpaired) electrons. The van der Waals surface area contributed by atoms with Gasteiger partial charge in [0.25, 0.3) is 5.91 Å². The van der Waals surface area contributed by atoms with Crippen LogP contribution in [-0.4, -0.2) is 45.2 Å². The van der Waals surface area contributed by atoms with Gasteiger partial charge in [-0.15, -0.1) is 0 Å². The number of aromatic amines is 1. The predicted molar refractivity (Wildman–Crippen MR) is 97.9 cm³/mol. The number of hydrogen-bond donors (Lipinski definition) is 1. The highest BCUT2D eigenvalue weighted by molar-refractivity contribution is 5.93. The molecule has 0 saturated carbocycles. The summed E-state index contributed by atoms with van der Waals surface area (Å²) >= 11 is 0. The molecule has 4 rings (SSSR count). The number of carbonyl (C=O) groups is 1. The Hall–Kier alpha value is -3.15. The van der Waals surface area contributed by atoms with Crippen LogP contribution < -0.4 is 4.74 Å². The molecule has 1 atom stereocenters. The topological polar surface area (TPSA) is 71.1 Å². The number of nitrogens with zero attached hydrogens (tertiary/aromatic N) is 3. The molecule has 0 spiro atoms. The lowest BCUT2D eigenvalue weighted by molar-refractivity contribution is 0.0765. The third-order valence-electron chi connectivity index (χ3n) is 4.48. The smallest absolute Gasteiger partial charge is 0.272 e. The number of amides is 1. The maximum Gasteiger partial charge on any atom is 0.272 e. The van der Waals surface area contributed by atoms with Crippen molar-refractivity contribution in [3.63, 3.8) is 0 Å². The number of pyridine rings is 1. The lowest BCUT2D eigenvalue weighted by Crippen LogP contribution is -2.31. The van der Waals surface area contributed by atoms with Crippen LogP contribution in [0.4, 0.5) is 0 Å². The first-order chi connectivity index (χ1) is 12.7. The SMILES string of the molecule is Cc1ccc(OC2CCN(C(=O)c3cc(-c4ccccc4)n[nH]3)C2)nc1. The van der Waals surface area contributed by atoms with Gasteiger partial charge in [-0.3, -0.25) is 9.89 Å². The maximum absolute atomic E-state index is 12.7. The maximum atomic E-state index is 12.7. The fourth-order valence-electron chi connectivity index (χ4n) is 3.06. The standard InChI is InChI=1S/C20H20N4O2/c1-14-7-8-19(21-12-14)26-16-9-10-24(13-16)20(25)18-11-17(22-23-18)15-5-3-2-4-6-15/h2-8,11-12,16H,9-10,13H2,1H3,(H,22,23). The van der Waals surface area contributed by atoms with E-state index in [0.29, 0.717) is 24.7 Å². The van der Waals surface area contributed by atoms with Crippen LogP contribution in [0.15, 0.2) is 54.7 Å². The summed E-state index contributed by atoms with van der Waals surface area (Å²) in [6, 6.07) is 15.4. The summed E-state index contributed by atoms with van der Waals surface area (Å²) in [5.41, 5.74) is 3.34. The van der Waals surface area contributed by atoms with Gasteiger partial charge in [-0.05, 0) is 18.6 Å². The van der Waals surface area contributed by atoms with Crippen LogP contribution in [0.25, 0.3) is 11.3 Å². The Labute approximate surface area is 151 Å². The molecule has 1 amide bonds. The summed E-state index contributed by atoms with van der Waals surface area (Å²) < 4.78 is 5.89. The Morgan fingerprint density at radius 2 is 2.08 bits per heavy atom. The van der Waals surface area contributed by atoms with Crippen LogP contribution in [0.1, 0.15) is 22.5 Å². The second kappa shape index (κ2) is 7.00. The molecule has 1 aliphatic heterocycles. The summed E-state index contributed by atoms with van der Waals surface area (Å²) in [6.45, 7) is 3.20. The van der Waals surface area contributed by atoms with Gasteiger partial charge in [-0.2, -0.15) is 5.10 Å². The Morgan fingerprint density at radius 1 is 1.23 bits per heavy atom. The van der Waals surface area contributed by atoms with E-state index in [-0.39, 0.29) is 12.0 Å². The molecule has 3 aromatic rings. The monoisotopic (exact) mass is 348 g/mol. The molecule has 1 unspecified atom stereocenters. The van der Waals surface area contributed by atoms with E-state index in [1.807, 2.05) is 49.4 Å². The highest BCUT2D eigenvalue weighted by Gasteiger charge is 2.29. The number of benzene rings is 1. The number of hydrogen-bond acceptors (Lipinski definition) is 4. The second-order valence-corrected chi connectivity index (χ2v) is 6.49. The van der Waals surface area contributed by atoms with Gasteiger partial charge in [0.1, 0.15) is 11.8 Å². The van der Waals surface area contributed by atoms with Crippen LogP contribution >= 0.6 is 0 Å². The summed E-state index contributed by atoms with van der Waals surface area (Å²) in [5, 5.41) is 7.12. The first-order valence-corrected chi connectivity index (χ1v) is 8.68. The van der Waals surface area contributed by atoms with E-state index in [4.69, 9.17) is 4.74 Å². The molecule has 26 heavy (non-hydrogen) atoms. The van der Waals surface area contributed by atoms with Crippen LogP contribution in [0.2, 0.25) is 0 Å². The molecule has 0 bridgehead atoms. The van der Waals surface area contributed by atoms with Crippen LogP contribution in [-0.2, 0) is 0 Å². The van der Waals surface area contributed by atoms with Gasteiger partial charge in [-0.25, -0.2) is 4.98 Å². The third-order valence-corrected chi connectivity index (χ3v) is 4.48. The molecule has 1 aliphatic rings. The first-order valence-electron chi connectivity index (χ1n) is 8.68. The van der Waals surface area contributed by atoms with Crippen molar-refractivity contribution in [2.45, 2.75) is 19.4 Å². The summed E-state index contributed by atoms with van der Waals surface area (Å²) in [7, 11) is 0. The van der Waals surface area contributed by atoms with Crippen molar-refractivity contribution < 1.29 is 9.53 Å². The second-order valence-electron chi connectivity index (χ2n) is 6.49. The van der Waals surface area contributed by atoms with Gasteiger partial charge in [0.05, 0.1) is 12.2 Å². The highest BCUT2D eigenvalue weighted by atomic mass is 16.5. The Kier molecular flexibility index (Phi) is 4.39. The molecular weight excluding hydrogens is 328 g/mol. The zero-order valence-corrected chi connectivity index (χ0v) is 14.6. The van der Waals surface area contributed by atoms with Crippen molar-refractivity contribution in [1.82, 2.24) is 20.1 Å². The van der Waals surface area contributed by atoms with E-state index >= 15 is 0 Å². The van der Waals surface area contributed by atoms with E-state index in [1.165, 1.54) is 0 Å². The van der Waals surface area contributed by atoms with Crippen molar-refractivity contribution >= 4 is 5.91 Å². The number of rotatable bonds is 4. The van der Waals surface area contributed by atoms with Crippen molar-refractivity contribution in [2.24, 2.45) is 0 Å². The van der Waals surface area contributed by atoms with Crippen LogP contribution in [0.3, 0.4) is 0 Å². The molecule has 2 aromatic heterocycles. The van der Waals surface area contributed by atoms with Crippen LogP contribution in [0, 0.1) is 6.92 Å². The Bertz CT molecular complexity index is 890. The van der Waals surface area contributed by atoms with Gasteiger partial charge in [-0.1, -0.05) is 36.4 Å². The molecule has 1 N–H and O–H groups in total. The molecule has 6 nitrogen and oxygen atoms in total. The molecule has 0 aliphatic carbocycles. The molecule has 1 saturated heterocycles. The van der Waals surface area contributed by atoms with E-state index in [1.54, 1.807) is 17.2 Å². The van der Waals surface area contributed by atoms with Crippen molar-refractivity contribution in [2.75, 3.05) is 13.1 Å². The normalized spacial score (nSPS) is 16.7. The van der Waals surface area contributed by atoms with Gasteiger partial charge >= 0.3 is 0 Å². The zero-order valence-electron chi connectivity index (χ0n) is 14.6. The molecule has 132 valence electrons. The van der Waals surface area contributed by atoms with E-state index in [2.05, 4.69) is 15.2 Å². The number of H-pyrrole nitrogens is 1. The largest absolute Gasteiger partial charge is 0.472 e. The summed E-state index contributed by atoms with van der Waals surface area (Å²) in [5.74, 6) is 0.547. The zero-order chi connectivity index (χ0) is 17.9. The number of ether oxygens (including phenoxy) is 1. The number of aromatic nitrogens is 3. The lowest BCUT2D eigenvalue weighted by atomic mass is 10.1. The first kappa shape index (κ1) is 16.3. The van der Waals surface area contributed by atoms with Gasteiger partial charge in [0, 0.05) is 30.8 Å². The number of nitrogens with one attached hydrogen (secondary N) is 1. The molecular formula is C20H20N4O2. The van der Waals surface area contributed by atoms with Gasteiger partial charge in [0.15, 0.2) is 0 Å². The fraction of sp³-hybridized carbons (Fsp3) is 0.250. The van der Waals surface area contributed by atoms with Crippen molar-refractivity contribution in [3.8, 4) is 17.1 Å².